The summed E-state index contributed by atoms with van der Waals surface area (Å²) in [5.41, 5.74) is 1.49. The Hall–Kier alpha value is -2.12. The van der Waals surface area contributed by atoms with E-state index in [2.05, 4.69) is 5.32 Å². The molecule has 0 atom stereocenters. The quantitative estimate of drug-likeness (QED) is 0.740. The second kappa shape index (κ2) is 9.00. The molecule has 0 saturated heterocycles. The number of ether oxygens (including phenoxy) is 1. The number of sulfone groups is 1. The molecule has 2 rings (SSSR count). The zero-order chi connectivity index (χ0) is 19.2. The summed E-state index contributed by atoms with van der Waals surface area (Å²) in [7, 11) is -3.11. The summed E-state index contributed by atoms with van der Waals surface area (Å²) in [4.78, 5) is 11.9. The van der Waals surface area contributed by atoms with Gasteiger partial charge in [0.1, 0.15) is 11.6 Å². The van der Waals surface area contributed by atoms with Gasteiger partial charge in [-0.1, -0.05) is 35.9 Å². The van der Waals surface area contributed by atoms with Crippen LogP contribution in [0.25, 0.3) is 0 Å². The Bertz CT molecular complexity index is 887. The van der Waals surface area contributed by atoms with Crippen LogP contribution in [0.2, 0.25) is 5.02 Å². The van der Waals surface area contributed by atoms with Crippen LogP contribution >= 0.6 is 11.6 Å². The zero-order valence-electron chi connectivity index (χ0n) is 14.2. The lowest BCUT2D eigenvalue weighted by molar-refractivity contribution is -0.121. The smallest absolute Gasteiger partial charge is 0.223 e. The summed E-state index contributed by atoms with van der Waals surface area (Å²) in [6.45, 7) is 0.417. The standard InChI is InChI=1S/C18H19ClFNO4S/c1-26(23,24)12-14-4-2-3-13(9-14)11-21-18(22)7-8-25-15-5-6-17(20)16(19)10-15/h2-6,9-10H,7-8,11-12H2,1H3,(H,21,22). The molecular formula is C18H19ClFNO4S. The predicted octanol–water partition coefficient (Wildman–Crippen LogP) is 3.11. The van der Waals surface area contributed by atoms with Crippen molar-refractivity contribution < 1.29 is 22.3 Å². The molecule has 2 aromatic carbocycles. The Morgan fingerprint density at radius 3 is 2.62 bits per heavy atom. The molecule has 0 saturated carbocycles. The van der Waals surface area contributed by atoms with Crippen molar-refractivity contribution in [3.05, 3.63) is 64.4 Å². The third kappa shape index (κ3) is 7.01. The second-order valence-electron chi connectivity index (χ2n) is 5.84. The Labute approximate surface area is 157 Å². The molecule has 0 aliphatic carbocycles. The van der Waals surface area contributed by atoms with Gasteiger partial charge in [0.25, 0.3) is 0 Å². The lowest BCUT2D eigenvalue weighted by Gasteiger charge is -2.09. The maximum atomic E-state index is 13.0. The number of amides is 1. The summed E-state index contributed by atoms with van der Waals surface area (Å²) < 4.78 is 41.1. The van der Waals surface area contributed by atoms with Crippen LogP contribution in [0.4, 0.5) is 4.39 Å². The summed E-state index contributed by atoms with van der Waals surface area (Å²) in [5, 5.41) is 2.70. The van der Waals surface area contributed by atoms with Gasteiger partial charge >= 0.3 is 0 Å². The highest BCUT2D eigenvalue weighted by atomic mass is 35.5. The third-order valence-corrected chi connectivity index (χ3v) is 4.55. The summed E-state index contributed by atoms with van der Waals surface area (Å²) in [6.07, 6.45) is 1.30. The highest BCUT2D eigenvalue weighted by molar-refractivity contribution is 7.89. The Kier molecular flexibility index (Phi) is 6.99. The number of rotatable bonds is 8. The summed E-state index contributed by atoms with van der Waals surface area (Å²) in [5.74, 6) is -0.401. The first-order chi connectivity index (χ1) is 12.2. The topological polar surface area (TPSA) is 72.5 Å². The second-order valence-corrected chi connectivity index (χ2v) is 8.39. The summed E-state index contributed by atoms with van der Waals surface area (Å²) in [6, 6.07) is 11.0. The third-order valence-electron chi connectivity index (χ3n) is 3.40. The van der Waals surface area contributed by atoms with Crippen LogP contribution in [0.15, 0.2) is 42.5 Å². The molecular weight excluding hydrogens is 381 g/mol. The van der Waals surface area contributed by atoms with E-state index in [1.807, 2.05) is 6.07 Å². The number of carbonyl (C=O) groups excluding carboxylic acids is 1. The summed E-state index contributed by atoms with van der Waals surface area (Å²) >= 11 is 5.65. The predicted molar refractivity (Wildman–Crippen MR) is 98.4 cm³/mol. The maximum Gasteiger partial charge on any atom is 0.223 e. The van der Waals surface area contributed by atoms with Crippen LogP contribution in [0.3, 0.4) is 0 Å². The van der Waals surface area contributed by atoms with Gasteiger partial charge in [-0.15, -0.1) is 0 Å². The van der Waals surface area contributed by atoms with Gasteiger partial charge in [0.15, 0.2) is 9.84 Å². The SMILES string of the molecule is CS(=O)(=O)Cc1cccc(CNC(=O)CCOc2ccc(F)c(Cl)c2)c1. The zero-order valence-corrected chi connectivity index (χ0v) is 15.7. The number of halogens is 2. The Morgan fingerprint density at radius 2 is 1.92 bits per heavy atom. The van der Waals surface area contributed by atoms with E-state index in [9.17, 15) is 17.6 Å². The molecule has 0 bridgehead atoms. The molecule has 1 amide bonds. The van der Waals surface area contributed by atoms with Gasteiger partial charge in [0.2, 0.25) is 5.91 Å². The molecule has 8 heteroatoms. The van der Waals surface area contributed by atoms with Crippen LogP contribution in [0.1, 0.15) is 17.5 Å². The first-order valence-electron chi connectivity index (χ1n) is 7.83. The van der Waals surface area contributed by atoms with E-state index in [1.165, 1.54) is 24.5 Å². The van der Waals surface area contributed by atoms with E-state index in [0.717, 1.165) is 5.56 Å². The van der Waals surface area contributed by atoms with Gasteiger partial charge < -0.3 is 10.1 Å². The normalized spacial score (nSPS) is 11.2. The fraction of sp³-hybridized carbons (Fsp3) is 0.278. The van der Waals surface area contributed by atoms with Gasteiger partial charge in [-0.3, -0.25) is 4.79 Å². The average molecular weight is 400 g/mol. The van der Waals surface area contributed by atoms with Crippen LogP contribution in [0, 0.1) is 5.82 Å². The molecule has 0 radical (unpaired) electrons. The molecule has 2 aromatic rings. The monoisotopic (exact) mass is 399 g/mol. The highest BCUT2D eigenvalue weighted by Gasteiger charge is 2.07. The van der Waals surface area contributed by atoms with E-state index in [0.29, 0.717) is 17.9 Å². The first-order valence-corrected chi connectivity index (χ1v) is 10.3. The molecule has 1 N–H and O–H groups in total. The van der Waals surface area contributed by atoms with Gasteiger partial charge in [-0.2, -0.15) is 0 Å². The number of nitrogens with one attached hydrogen (secondary N) is 1. The van der Waals surface area contributed by atoms with Crippen molar-refractivity contribution in [3.8, 4) is 5.75 Å². The van der Waals surface area contributed by atoms with E-state index in [1.54, 1.807) is 18.2 Å². The number of benzene rings is 2. The maximum absolute atomic E-state index is 13.0. The number of hydrogen-bond acceptors (Lipinski definition) is 4. The van der Waals surface area contributed by atoms with Crippen molar-refractivity contribution in [2.24, 2.45) is 0 Å². The molecule has 0 unspecified atom stereocenters. The molecule has 140 valence electrons. The van der Waals surface area contributed by atoms with Crippen molar-refractivity contribution in [1.29, 1.82) is 0 Å². The molecule has 0 spiro atoms. The molecule has 0 aliphatic heterocycles. The fourth-order valence-electron chi connectivity index (χ4n) is 2.25. The largest absolute Gasteiger partial charge is 0.493 e. The minimum Gasteiger partial charge on any atom is -0.493 e. The van der Waals surface area contributed by atoms with E-state index in [4.69, 9.17) is 16.3 Å². The minimum absolute atomic E-state index is 0.0388. The van der Waals surface area contributed by atoms with Crippen molar-refractivity contribution in [1.82, 2.24) is 5.32 Å². The van der Waals surface area contributed by atoms with E-state index in [-0.39, 0.29) is 29.7 Å². The number of hydrogen-bond donors (Lipinski definition) is 1. The average Bonchev–Trinajstić information content (AvgIpc) is 2.55. The van der Waals surface area contributed by atoms with Gasteiger partial charge in [0.05, 0.1) is 23.8 Å². The van der Waals surface area contributed by atoms with Gasteiger partial charge in [0, 0.05) is 18.9 Å². The molecule has 5 nitrogen and oxygen atoms in total. The number of carbonyl (C=O) groups is 1. The molecule has 26 heavy (non-hydrogen) atoms. The van der Waals surface area contributed by atoms with E-state index >= 15 is 0 Å². The molecule has 0 fully saturated rings. The fourth-order valence-corrected chi connectivity index (χ4v) is 3.20. The van der Waals surface area contributed by atoms with Crippen LogP contribution in [-0.4, -0.2) is 27.2 Å². The lowest BCUT2D eigenvalue weighted by Crippen LogP contribution is -2.24. The van der Waals surface area contributed by atoms with Crippen molar-refractivity contribution in [2.75, 3.05) is 12.9 Å². The van der Waals surface area contributed by atoms with Crippen LogP contribution < -0.4 is 10.1 Å². The Morgan fingerprint density at radius 1 is 1.19 bits per heavy atom. The molecule has 0 heterocycles. The first kappa shape index (κ1) is 20.2. The van der Waals surface area contributed by atoms with Crippen molar-refractivity contribution in [2.45, 2.75) is 18.7 Å². The lowest BCUT2D eigenvalue weighted by atomic mass is 10.1. The van der Waals surface area contributed by atoms with Gasteiger partial charge in [-0.25, -0.2) is 12.8 Å². The minimum atomic E-state index is -3.11. The van der Waals surface area contributed by atoms with Crippen molar-refractivity contribution in [3.63, 3.8) is 0 Å². The Balaban J connectivity index is 1.78. The van der Waals surface area contributed by atoms with Crippen LogP contribution in [-0.2, 0) is 26.9 Å². The molecule has 0 aromatic heterocycles. The van der Waals surface area contributed by atoms with Gasteiger partial charge in [-0.05, 0) is 23.3 Å². The van der Waals surface area contributed by atoms with E-state index < -0.39 is 15.7 Å². The van der Waals surface area contributed by atoms with Crippen LogP contribution in [0.5, 0.6) is 5.75 Å². The molecule has 0 aliphatic rings. The van der Waals surface area contributed by atoms with Crippen molar-refractivity contribution >= 4 is 27.3 Å². The highest BCUT2D eigenvalue weighted by Crippen LogP contribution is 2.21.